The van der Waals surface area contributed by atoms with E-state index in [0.717, 1.165) is 17.0 Å². The number of esters is 1. The third-order valence-corrected chi connectivity index (χ3v) is 3.05. The third-order valence-electron chi connectivity index (χ3n) is 3.05. The summed E-state index contributed by atoms with van der Waals surface area (Å²) in [4.78, 5) is 11.7. The van der Waals surface area contributed by atoms with Gasteiger partial charge < -0.3 is 14.8 Å². The Morgan fingerprint density at radius 1 is 1.14 bits per heavy atom. The summed E-state index contributed by atoms with van der Waals surface area (Å²) in [5, 5.41) is 3.29. The van der Waals surface area contributed by atoms with Crippen LogP contribution in [0.4, 0.5) is 5.69 Å². The highest BCUT2D eigenvalue weighted by Gasteiger charge is 2.10. The fourth-order valence-electron chi connectivity index (χ4n) is 2.04. The molecule has 0 spiro atoms. The second-order valence-electron chi connectivity index (χ2n) is 4.46. The van der Waals surface area contributed by atoms with Crippen molar-refractivity contribution >= 4 is 11.7 Å². The van der Waals surface area contributed by atoms with Crippen molar-refractivity contribution in [2.45, 2.75) is 13.5 Å². The Kier molecular flexibility index (Phi) is 5.21. The fraction of sp³-hybridized carbons (Fsp3) is 0.235. The quantitative estimate of drug-likeness (QED) is 0.825. The normalized spacial score (nSPS) is 10.0. The number of hydrogen-bond donors (Lipinski definition) is 1. The SMILES string of the molecule is CCOc1cccc(NCc2ccccc2C(=O)OC)c1. The lowest BCUT2D eigenvalue weighted by atomic mass is 10.1. The third kappa shape index (κ3) is 3.99. The average Bonchev–Trinajstić information content (AvgIpc) is 2.53. The summed E-state index contributed by atoms with van der Waals surface area (Å²) in [5.74, 6) is 0.499. The fourth-order valence-corrected chi connectivity index (χ4v) is 2.04. The Morgan fingerprint density at radius 2 is 1.95 bits per heavy atom. The molecule has 0 aliphatic heterocycles. The molecule has 2 aromatic carbocycles. The van der Waals surface area contributed by atoms with Crippen LogP contribution in [0.15, 0.2) is 48.5 Å². The second-order valence-corrected chi connectivity index (χ2v) is 4.46. The van der Waals surface area contributed by atoms with E-state index in [1.165, 1.54) is 7.11 Å². The van der Waals surface area contributed by atoms with Crippen molar-refractivity contribution in [2.75, 3.05) is 19.0 Å². The monoisotopic (exact) mass is 285 g/mol. The molecular weight excluding hydrogens is 266 g/mol. The molecule has 110 valence electrons. The van der Waals surface area contributed by atoms with E-state index in [4.69, 9.17) is 9.47 Å². The number of rotatable bonds is 6. The van der Waals surface area contributed by atoms with Crippen LogP contribution < -0.4 is 10.1 Å². The summed E-state index contributed by atoms with van der Waals surface area (Å²) in [6.07, 6.45) is 0. The van der Waals surface area contributed by atoms with Gasteiger partial charge in [-0.2, -0.15) is 0 Å². The zero-order chi connectivity index (χ0) is 15.1. The molecule has 0 radical (unpaired) electrons. The number of hydrogen-bond acceptors (Lipinski definition) is 4. The lowest BCUT2D eigenvalue weighted by Gasteiger charge is -2.11. The molecule has 0 amide bonds. The molecule has 0 fully saturated rings. The van der Waals surface area contributed by atoms with Crippen molar-refractivity contribution in [1.82, 2.24) is 0 Å². The van der Waals surface area contributed by atoms with Gasteiger partial charge >= 0.3 is 5.97 Å². The Bertz CT molecular complexity index is 610. The number of methoxy groups -OCH3 is 1. The van der Waals surface area contributed by atoms with Gasteiger partial charge in [-0.1, -0.05) is 24.3 Å². The van der Waals surface area contributed by atoms with E-state index in [9.17, 15) is 4.79 Å². The van der Waals surface area contributed by atoms with Crippen molar-refractivity contribution in [3.8, 4) is 5.75 Å². The van der Waals surface area contributed by atoms with Crippen molar-refractivity contribution in [3.63, 3.8) is 0 Å². The molecule has 0 aromatic heterocycles. The van der Waals surface area contributed by atoms with Gasteiger partial charge in [-0.05, 0) is 30.7 Å². The first kappa shape index (κ1) is 14.9. The summed E-state index contributed by atoms with van der Waals surface area (Å²) < 4.78 is 10.3. The topological polar surface area (TPSA) is 47.6 Å². The van der Waals surface area contributed by atoms with Crippen LogP contribution in [-0.4, -0.2) is 19.7 Å². The first-order valence-corrected chi connectivity index (χ1v) is 6.87. The zero-order valence-electron chi connectivity index (χ0n) is 12.3. The van der Waals surface area contributed by atoms with Crippen LogP contribution in [0.25, 0.3) is 0 Å². The summed E-state index contributed by atoms with van der Waals surface area (Å²) in [6, 6.07) is 15.1. The van der Waals surface area contributed by atoms with Gasteiger partial charge in [-0.15, -0.1) is 0 Å². The molecule has 0 unspecified atom stereocenters. The number of ether oxygens (including phenoxy) is 2. The van der Waals surface area contributed by atoms with Gasteiger partial charge in [0, 0.05) is 18.3 Å². The molecule has 0 aliphatic rings. The molecule has 21 heavy (non-hydrogen) atoms. The van der Waals surface area contributed by atoms with Gasteiger partial charge in [0.1, 0.15) is 5.75 Å². The average molecular weight is 285 g/mol. The maximum Gasteiger partial charge on any atom is 0.338 e. The molecule has 1 N–H and O–H groups in total. The van der Waals surface area contributed by atoms with Gasteiger partial charge in [-0.3, -0.25) is 0 Å². The zero-order valence-corrected chi connectivity index (χ0v) is 12.3. The van der Waals surface area contributed by atoms with Crippen LogP contribution in [0.2, 0.25) is 0 Å². The van der Waals surface area contributed by atoms with Gasteiger partial charge in [-0.25, -0.2) is 4.79 Å². The van der Waals surface area contributed by atoms with E-state index >= 15 is 0 Å². The van der Waals surface area contributed by atoms with Crippen molar-refractivity contribution in [2.24, 2.45) is 0 Å². The minimum Gasteiger partial charge on any atom is -0.494 e. The summed E-state index contributed by atoms with van der Waals surface area (Å²) >= 11 is 0. The van der Waals surface area contributed by atoms with E-state index < -0.39 is 0 Å². The Hall–Kier alpha value is -2.49. The van der Waals surface area contributed by atoms with Gasteiger partial charge in [0.15, 0.2) is 0 Å². The minimum absolute atomic E-state index is 0.324. The Morgan fingerprint density at radius 3 is 2.71 bits per heavy atom. The van der Waals surface area contributed by atoms with Crippen LogP contribution in [0, 0.1) is 0 Å². The molecule has 0 aliphatic carbocycles. The number of carbonyl (C=O) groups is 1. The number of benzene rings is 2. The van der Waals surface area contributed by atoms with E-state index in [2.05, 4.69) is 5.32 Å². The Labute approximate surface area is 124 Å². The first-order chi connectivity index (χ1) is 10.2. The van der Waals surface area contributed by atoms with Crippen LogP contribution in [0.1, 0.15) is 22.8 Å². The highest BCUT2D eigenvalue weighted by molar-refractivity contribution is 5.91. The predicted octanol–water partition coefficient (Wildman–Crippen LogP) is 3.48. The largest absolute Gasteiger partial charge is 0.494 e. The highest BCUT2D eigenvalue weighted by atomic mass is 16.5. The standard InChI is InChI=1S/C17H19NO3/c1-3-21-15-9-6-8-14(11-15)18-12-13-7-4-5-10-16(13)17(19)20-2/h4-11,18H,3,12H2,1-2H3. The van der Waals surface area contributed by atoms with E-state index in [1.807, 2.05) is 49.4 Å². The summed E-state index contributed by atoms with van der Waals surface area (Å²) in [5.41, 5.74) is 2.42. The molecule has 0 saturated carbocycles. The first-order valence-electron chi connectivity index (χ1n) is 6.87. The van der Waals surface area contributed by atoms with Gasteiger partial charge in [0.25, 0.3) is 0 Å². The van der Waals surface area contributed by atoms with Crippen molar-refractivity contribution in [3.05, 3.63) is 59.7 Å². The van der Waals surface area contributed by atoms with Crippen LogP contribution in [0.3, 0.4) is 0 Å². The molecule has 4 nitrogen and oxygen atoms in total. The lowest BCUT2D eigenvalue weighted by Crippen LogP contribution is -2.09. The van der Waals surface area contributed by atoms with Gasteiger partial charge in [0.05, 0.1) is 19.3 Å². The highest BCUT2D eigenvalue weighted by Crippen LogP contribution is 2.19. The maximum atomic E-state index is 11.7. The smallest absolute Gasteiger partial charge is 0.338 e. The maximum absolute atomic E-state index is 11.7. The van der Waals surface area contributed by atoms with Crippen LogP contribution >= 0.6 is 0 Å². The molecule has 0 heterocycles. The number of nitrogens with one attached hydrogen (secondary N) is 1. The Balaban J connectivity index is 2.09. The molecule has 0 bridgehead atoms. The number of carbonyl (C=O) groups excluding carboxylic acids is 1. The van der Waals surface area contributed by atoms with E-state index in [1.54, 1.807) is 6.07 Å². The molecule has 0 atom stereocenters. The summed E-state index contributed by atoms with van der Waals surface area (Å²) in [6.45, 7) is 3.13. The van der Waals surface area contributed by atoms with E-state index in [-0.39, 0.29) is 5.97 Å². The van der Waals surface area contributed by atoms with Crippen molar-refractivity contribution in [1.29, 1.82) is 0 Å². The van der Waals surface area contributed by atoms with Crippen LogP contribution in [-0.2, 0) is 11.3 Å². The number of anilines is 1. The molecule has 2 rings (SSSR count). The van der Waals surface area contributed by atoms with Gasteiger partial charge in [0.2, 0.25) is 0 Å². The second kappa shape index (κ2) is 7.33. The molecule has 4 heteroatoms. The lowest BCUT2D eigenvalue weighted by molar-refractivity contribution is 0.0599. The summed E-state index contributed by atoms with van der Waals surface area (Å²) in [7, 11) is 1.39. The molecular formula is C17H19NO3. The van der Waals surface area contributed by atoms with Crippen LogP contribution in [0.5, 0.6) is 5.75 Å². The predicted molar refractivity (Wildman–Crippen MR) is 82.7 cm³/mol. The molecule has 2 aromatic rings. The molecule has 0 saturated heterocycles. The van der Waals surface area contributed by atoms with E-state index in [0.29, 0.717) is 18.7 Å². The minimum atomic E-state index is -0.324. The van der Waals surface area contributed by atoms with Crippen molar-refractivity contribution < 1.29 is 14.3 Å².